The monoisotopic (exact) mass is 625 g/mol. The number of amides is 1. The Morgan fingerprint density at radius 3 is 2.65 bits per heavy atom. The molecule has 0 fully saturated rings. The normalized spacial score (nSPS) is 17.2. The van der Waals surface area contributed by atoms with Crippen LogP contribution in [0.4, 0.5) is 14.5 Å². The number of aromatic nitrogens is 8. The van der Waals surface area contributed by atoms with Gasteiger partial charge in [-0.15, -0.1) is 5.10 Å². The Morgan fingerprint density at radius 2 is 1.91 bits per heavy atom. The van der Waals surface area contributed by atoms with Gasteiger partial charge in [-0.05, 0) is 43.2 Å². The lowest BCUT2D eigenvalue weighted by atomic mass is 9.97. The summed E-state index contributed by atoms with van der Waals surface area (Å²) in [5, 5.41) is 15.0. The lowest BCUT2D eigenvalue weighted by Gasteiger charge is -2.22. The van der Waals surface area contributed by atoms with Gasteiger partial charge in [0.2, 0.25) is 5.91 Å². The Kier molecular flexibility index (Phi) is 7.75. The summed E-state index contributed by atoms with van der Waals surface area (Å²) in [5.41, 5.74) is 2.11. The van der Waals surface area contributed by atoms with Crippen molar-refractivity contribution in [3.63, 3.8) is 0 Å². The molecule has 1 aliphatic heterocycles. The first-order chi connectivity index (χ1) is 20.7. The van der Waals surface area contributed by atoms with E-state index in [2.05, 4.69) is 30.7 Å². The zero-order valence-electron chi connectivity index (χ0n) is 22.5. The van der Waals surface area contributed by atoms with Gasteiger partial charge in [0.15, 0.2) is 5.15 Å². The van der Waals surface area contributed by atoms with Gasteiger partial charge in [-0.3, -0.25) is 19.1 Å². The van der Waals surface area contributed by atoms with Crippen LogP contribution < -0.4 is 10.9 Å². The van der Waals surface area contributed by atoms with Gasteiger partial charge in [0, 0.05) is 34.3 Å². The molecule has 15 heteroatoms. The highest BCUT2D eigenvalue weighted by Crippen LogP contribution is 2.35. The van der Waals surface area contributed by atoms with Crippen LogP contribution >= 0.6 is 23.2 Å². The van der Waals surface area contributed by atoms with E-state index in [0.29, 0.717) is 57.2 Å². The number of nitrogens with zero attached hydrogens (tertiary/aromatic N) is 8. The molecule has 2 bridgehead atoms. The molecular formula is C28H23Cl2F2N9O2. The van der Waals surface area contributed by atoms with Gasteiger partial charge in [-0.1, -0.05) is 41.8 Å². The number of hydrogen-bond donors (Lipinski definition) is 1. The highest BCUT2D eigenvalue weighted by atomic mass is 35.5. The molecule has 0 saturated carbocycles. The summed E-state index contributed by atoms with van der Waals surface area (Å²) in [6.07, 6.45) is 7.14. The summed E-state index contributed by atoms with van der Waals surface area (Å²) in [7, 11) is 0. The van der Waals surface area contributed by atoms with Crippen LogP contribution in [-0.4, -0.2) is 45.2 Å². The third-order valence-corrected chi connectivity index (χ3v) is 7.72. The van der Waals surface area contributed by atoms with E-state index in [1.165, 1.54) is 40.2 Å². The van der Waals surface area contributed by atoms with E-state index >= 15 is 0 Å². The number of benzene rings is 1. The van der Waals surface area contributed by atoms with Crippen molar-refractivity contribution in [1.82, 2.24) is 39.3 Å². The van der Waals surface area contributed by atoms with E-state index in [4.69, 9.17) is 23.2 Å². The summed E-state index contributed by atoms with van der Waals surface area (Å²) in [6.45, 7) is -1.18. The van der Waals surface area contributed by atoms with Gasteiger partial charge in [0.1, 0.15) is 0 Å². The molecule has 1 aliphatic rings. The zero-order chi connectivity index (χ0) is 30.2. The highest BCUT2D eigenvalue weighted by molar-refractivity contribution is 6.31. The maximum Gasteiger partial charge on any atom is 0.333 e. The van der Waals surface area contributed by atoms with Gasteiger partial charge in [-0.25, -0.2) is 14.3 Å². The van der Waals surface area contributed by atoms with Crippen molar-refractivity contribution in [2.45, 2.75) is 38.8 Å². The van der Waals surface area contributed by atoms with Gasteiger partial charge in [0.05, 0.1) is 53.2 Å². The van der Waals surface area contributed by atoms with Crippen molar-refractivity contribution in [3.05, 3.63) is 87.5 Å². The predicted molar refractivity (Wildman–Crippen MR) is 155 cm³/mol. The number of halogens is 4. The Labute approximate surface area is 253 Å². The number of nitrogens with one attached hydrogen (secondary N) is 1. The molecule has 1 amide bonds. The molecule has 0 unspecified atom stereocenters. The predicted octanol–water partition coefficient (Wildman–Crippen LogP) is 5.80. The fourth-order valence-electron chi connectivity index (χ4n) is 5.17. The Hall–Kier alpha value is -4.49. The van der Waals surface area contributed by atoms with Crippen LogP contribution in [0.2, 0.25) is 10.2 Å². The largest absolute Gasteiger partial charge is 0.333 e. The molecule has 5 aromatic rings. The van der Waals surface area contributed by atoms with Gasteiger partial charge >= 0.3 is 6.55 Å². The van der Waals surface area contributed by atoms with Crippen molar-refractivity contribution >= 4 is 34.8 Å². The third-order valence-electron chi connectivity index (χ3n) is 7.31. The molecule has 1 N–H and O–H groups in total. The fourth-order valence-corrected chi connectivity index (χ4v) is 5.47. The van der Waals surface area contributed by atoms with Crippen LogP contribution in [0.5, 0.6) is 0 Å². The molecule has 2 atom stereocenters. The zero-order valence-corrected chi connectivity index (χ0v) is 24.0. The number of anilines is 1. The van der Waals surface area contributed by atoms with E-state index in [0.717, 1.165) is 0 Å². The van der Waals surface area contributed by atoms with E-state index in [1.807, 2.05) is 0 Å². The topological polar surface area (TPSA) is 125 Å². The van der Waals surface area contributed by atoms with Crippen molar-refractivity contribution in [1.29, 1.82) is 0 Å². The molecule has 0 aliphatic carbocycles. The molecule has 0 radical (unpaired) electrons. The van der Waals surface area contributed by atoms with Gasteiger partial charge in [-0.2, -0.15) is 13.9 Å². The number of rotatable bonds is 4. The van der Waals surface area contributed by atoms with Crippen molar-refractivity contribution in [2.24, 2.45) is 5.92 Å². The lowest BCUT2D eigenvalue weighted by molar-refractivity contribution is -0.119. The number of carbonyl (C=O) groups is 1. The SMILES string of the molecule is C[C@@H]1CCC[C@@H](n2cnc(-c3cc(Cl)ccc3-n3cc(Cl)nn3)cc2=O)c2cc(ccn2)-c2c(cnn2C(F)F)NC1=O. The van der Waals surface area contributed by atoms with E-state index in [-0.39, 0.29) is 28.0 Å². The van der Waals surface area contributed by atoms with Crippen molar-refractivity contribution in [3.8, 4) is 28.2 Å². The highest BCUT2D eigenvalue weighted by Gasteiger charge is 2.26. The van der Waals surface area contributed by atoms with Crippen LogP contribution in [0.25, 0.3) is 28.2 Å². The van der Waals surface area contributed by atoms with Crippen molar-refractivity contribution in [2.75, 3.05) is 5.32 Å². The standard InChI is InChI=1S/C28H23Cl2F2N9O2/c1-15-3-2-4-23(20-9-16(7-8-33-20)26-21(36-27(15)43)12-35-41(26)28(31)32)39-14-34-19(11-25(39)42)18-10-17(29)5-6-22(18)40-13-24(30)37-38-40/h5-15,23,28H,2-4H2,1H3,(H,36,43)/t15-,23-/m1/s1. The fraction of sp³-hybridized carbons (Fsp3) is 0.250. The Bertz CT molecular complexity index is 1890. The first-order valence-corrected chi connectivity index (χ1v) is 14.0. The second kappa shape index (κ2) is 11.7. The summed E-state index contributed by atoms with van der Waals surface area (Å²) in [6, 6.07) is 9.03. The van der Waals surface area contributed by atoms with E-state index in [1.54, 1.807) is 37.3 Å². The summed E-state index contributed by atoms with van der Waals surface area (Å²) < 4.78 is 31.3. The number of fused-ring (bicyclic) bond motifs is 4. The van der Waals surface area contributed by atoms with Crippen LogP contribution in [-0.2, 0) is 4.79 Å². The van der Waals surface area contributed by atoms with Crippen LogP contribution in [0.1, 0.15) is 44.5 Å². The van der Waals surface area contributed by atoms with Crippen LogP contribution in [0, 0.1) is 5.92 Å². The second-order valence-electron chi connectivity index (χ2n) is 10.1. The minimum absolute atomic E-state index is 0.0426. The molecule has 1 aromatic carbocycles. The summed E-state index contributed by atoms with van der Waals surface area (Å²) >= 11 is 12.3. The number of pyridine rings is 1. The average molecular weight is 626 g/mol. The Balaban J connectivity index is 1.45. The lowest BCUT2D eigenvalue weighted by Crippen LogP contribution is -2.27. The molecule has 0 spiro atoms. The quantitative estimate of drug-likeness (QED) is 0.267. The number of alkyl halides is 2. The first kappa shape index (κ1) is 28.6. The molecule has 4 aromatic heterocycles. The number of hydrogen-bond acceptors (Lipinski definition) is 7. The minimum atomic E-state index is -2.94. The van der Waals surface area contributed by atoms with Crippen LogP contribution in [0.15, 0.2) is 66.1 Å². The van der Waals surface area contributed by atoms with Crippen molar-refractivity contribution < 1.29 is 13.6 Å². The maximum atomic E-state index is 13.9. The summed E-state index contributed by atoms with van der Waals surface area (Å²) in [5.74, 6) is -0.728. The van der Waals surface area contributed by atoms with Gasteiger partial charge in [0.25, 0.3) is 5.56 Å². The Morgan fingerprint density at radius 1 is 1.07 bits per heavy atom. The molecule has 220 valence electrons. The van der Waals surface area contributed by atoms with E-state index in [9.17, 15) is 18.4 Å². The summed E-state index contributed by atoms with van der Waals surface area (Å²) in [4.78, 5) is 35.6. The third kappa shape index (κ3) is 5.65. The second-order valence-corrected chi connectivity index (χ2v) is 10.9. The maximum absolute atomic E-state index is 13.9. The number of carbonyl (C=O) groups excluding carboxylic acids is 1. The van der Waals surface area contributed by atoms with Crippen LogP contribution in [0.3, 0.4) is 0 Å². The van der Waals surface area contributed by atoms with E-state index < -0.39 is 18.5 Å². The molecule has 5 heterocycles. The molecule has 0 saturated heterocycles. The smallest absolute Gasteiger partial charge is 0.323 e. The molecule has 6 rings (SSSR count). The first-order valence-electron chi connectivity index (χ1n) is 13.3. The minimum Gasteiger partial charge on any atom is -0.323 e. The molecular weight excluding hydrogens is 603 g/mol. The molecule has 11 nitrogen and oxygen atoms in total. The molecule has 43 heavy (non-hydrogen) atoms. The van der Waals surface area contributed by atoms with Gasteiger partial charge < -0.3 is 5.32 Å². The average Bonchev–Trinajstić information content (AvgIpc) is 3.61.